The molecule has 2 aliphatic heterocycles. The second-order valence-corrected chi connectivity index (χ2v) is 8.09. The number of benzene rings is 2. The van der Waals surface area contributed by atoms with Crippen molar-refractivity contribution in [1.29, 1.82) is 0 Å². The molecule has 1 unspecified atom stereocenters. The van der Waals surface area contributed by atoms with E-state index in [0.29, 0.717) is 6.42 Å². The molecule has 6 nitrogen and oxygen atoms in total. The number of hydrazone groups is 1. The maximum Gasteiger partial charge on any atom is 0.243 e. The van der Waals surface area contributed by atoms with Crippen LogP contribution in [0, 0.1) is 0 Å². The Morgan fingerprint density at radius 1 is 0.935 bits per heavy atom. The molecular weight excluding hydrogens is 390 g/mol. The van der Waals surface area contributed by atoms with Crippen LogP contribution in [0.3, 0.4) is 0 Å². The van der Waals surface area contributed by atoms with Gasteiger partial charge in [-0.05, 0) is 42.5 Å². The van der Waals surface area contributed by atoms with Gasteiger partial charge in [0, 0.05) is 32.4 Å². The highest BCUT2D eigenvalue weighted by molar-refractivity contribution is 6.03. The van der Waals surface area contributed by atoms with Crippen molar-refractivity contribution in [1.82, 2.24) is 9.91 Å². The van der Waals surface area contributed by atoms with Crippen molar-refractivity contribution in [2.45, 2.75) is 44.6 Å². The molecule has 0 spiro atoms. The average molecular weight is 420 g/mol. The largest absolute Gasteiger partial charge is 0.497 e. The van der Waals surface area contributed by atoms with E-state index >= 15 is 0 Å². The molecule has 0 N–H and O–H groups in total. The Morgan fingerprint density at radius 3 is 2.29 bits per heavy atom. The Hall–Kier alpha value is -3.15. The molecule has 2 heterocycles. The van der Waals surface area contributed by atoms with E-state index in [9.17, 15) is 9.59 Å². The standard InChI is InChI=1S/C25H29N3O3/c1-31-21-12-10-20(11-13-21)23-18-22(19-8-4-2-5-9-19)26-28(23)25(30)15-14-24(29)27-16-6-3-7-17-27/h2,4-5,8-13,23H,3,6-7,14-18H2,1H3. The molecule has 2 amide bonds. The van der Waals surface area contributed by atoms with Crippen LogP contribution in [0.15, 0.2) is 59.7 Å². The summed E-state index contributed by atoms with van der Waals surface area (Å²) in [5.74, 6) is 0.730. The molecule has 2 aliphatic rings. The minimum atomic E-state index is -0.182. The zero-order valence-corrected chi connectivity index (χ0v) is 18.0. The number of ether oxygens (including phenoxy) is 1. The molecule has 0 aromatic heterocycles. The lowest BCUT2D eigenvalue weighted by Crippen LogP contribution is -2.36. The van der Waals surface area contributed by atoms with Crippen molar-refractivity contribution in [2.75, 3.05) is 20.2 Å². The first-order chi connectivity index (χ1) is 15.2. The summed E-state index contributed by atoms with van der Waals surface area (Å²) in [6.45, 7) is 1.61. The summed E-state index contributed by atoms with van der Waals surface area (Å²) in [5, 5.41) is 6.27. The van der Waals surface area contributed by atoms with E-state index < -0.39 is 0 Å². The Morgan fingerprint density at radius 2 is 1.61 bits per heavy atom. The molecule has 2 aromatic rings. The van der Waals surface area contributed by atoms with Gasteiger partial charge in [-0.25, -0.2) is 5.01 Å². The van der Waals surface area contributed by atoms with Gasteiger partial charge in [-0.2, -0.15) is 5.10 Å². The van der Waals surface area contributed by atoms with Gasteiger partial charge in [-0.1, -0.05) is 42.5 Å². The van der Waals surface area contributed by atoms with Gasteiger partial charge in [0.1, 0.15) is 5.75 Å². The maximum absolute atomic E-state index is 13.1. The number of piperidine rings is 1. The Labute approximate surface area is 183 Å². The number of carbonyl (C=O) groups excluding carboxylic acids is 2. The Balaban J connectivity index is 1.50. The fraction of sp³-hybridized carbons (Fsp3) is 0.400. The highest BCUT2D eigenvalue weighted by atomic mass is 16.5. The number of methoxy groups -OCH3 is 1. The van der Waals surface area contributed by atoms with Crippen LogP contribution in [0.2, 0.25) is 0 Å². The van der Waals surface area contributed by atoms with Gasteiger partial charge in [-0.3, -0.25) is 9.59 Å². The molecule has 0 bridgehead atoms. The number of amides is 2. The lowest BCUT2D eigenvalue weighted by molar-refractivity contribution is -0.138. The quantitative estimate of drug-likeness (QED) is 0.706. The van der Waals surface area contributed by atoms with E-state index in [1.165, 1.54) is 6.42 Å². The minimum Gasteiger partial charge on any atom is -0.497 e. The van der Waals surface area contributed by atoms with Gasteiger partial charge in [0.05, 0.1) is 18.9 Å². The maximum atomic E-state index is 13.1. The molecule has 31 heavy (non-hydrogen) atoms. The van der Waals surface area contributed by atoms with E-state index in [4.69, 9.17) is 9.84 Å². The van der Waals surface area contributed by atoms with Crippen molar-refractivity contribution in [2.24, 2.45) is 5.10 Å². The van der Waals surface area contributed by atoms with Crippen molar-refractivity contribution < 1.29 is 14.3 Å². The molecule has 2 aromatic carbocycles. The third-order valence-corrected chi connectivity index (χ3v) is 6.03. The van der Waals surface area contributed by atoms with Crippen molar-refractivity contribution in [3.05, 3.63) is 65.7 Å². The molecular formula is C25H29N3O3. The topological polar surface area (TPSA) is 62.2 Å². The van der Waals surface area contributed by atoms with Crippen LogP contribution >= 0.6 is 0 Å². The molecule has 1 fully saturated rings. The van der Waals surface area contributed by atoms with Crippen molar-refractivity contribution in [3.63, 3.8) is 0 Å². The van der Waals surface area contributed by atoms with Gasteiger partial charge < -0.3 is 9.64 Å². The van der Waals surface area contributed by atoms with Gasteiger partial charge >= 0.3 is 0 Å². The average Bonchev–Trinajstić information content (AvgIpc) is 3.29. The van der Waals surface area contributed by atoms with E-state index in [1.54, 1.807) is 12.1 Å². The minimum absolute atomic E-state index is 0.0699. The molecule has 162 valence electrons. The van der Waals surface area contributed by atoms with E-state index in [2.05, 4.69) is 0 Å². The van der Waals surface area contributed by atoms with Gasteiger partial charge in [-0.15, -0.1) is 0 Å². The second kappa shape index (κ2) is 9.77. The monoisotopic (exact) mass is 419 g/mol. The van der Waals surface area contributed by atoms with Gasteiger partial charge in [0.25, 0.3) is 0 Å². The number of carbonyl (C=O) groups is 2. The number of nitrogens with zero attached hydrogens (tertiary/aromatic N) is 3. The normalized spacial score (nSPS) is 18.6. The molecule has 1 saturated heterocycles. The second-order valence-electron chi connectivity index (χ2n) is 8.09. The first-order valence-corrected chi connectivity index (χ1v) is 11.0. The molecule has 0 aliphatic carbocycles. The SMILES string of the molecule is COc1ccc(C2CC(c3ccccc3)=NN2C(=O)CCC(=O)N2CCCCC2)cc1. The third-order valence-electron chi connectivity index (χ3n) is 6.03. The first kappa shape index (κ1) is 21.1. The zero-order valence-electron chi connectivity index (χ0n) is 18.0. The highest BCUT2D eigenvalue weighted by Crippen LogP contribution is 2.34. The summed E-state index contributed by atoms with van der Waals surface area (Å²) in [4.78, 5) is 27.6. The number of hydrogen-bond donors (Lipinski definition) is 0. The predicted octanol–water partition coefficient (Wildman–Crippen LogP) is 4.17. The summed E-state index contributed by atoms with van der Waals surface area (Å²) < 4.78 is 5.27. The summed E-state index contributed by atoms with van der Waals surface area (Å²) in [6, 6.07) is 17.5. The number of rotatable bonds is 6. The Bertz CT molecular complexity index is 934. The van der Waals surface area contributed by atoms with Crippen LogP contribution in [-0.2, 0) is 9.59 Å². The van der Waals surface area contributed by atoms with Gasteiger partial charge in [0.2, 0.25) is 11.8 Å². The van der Waals surface area contributed by atoms with Crippen LogP contribution < -0.4 is 4.74 Å². The lowest BCUT2D eigenvalue weighted by Gasteiger charge is -2.27. The zero-order chi connectivity index (χ0) is 21.6. The van der Waals surface area contributed by atoms with Crippen LogP contribution in [0.5, 0.6) is 5.75 Å². The molecule has 6 heteroatoms. The van der Waals surface area contributed by atoms with Crippen molar-refractivity contribution in [3.8, 4) is 5.75 Å². The van der Waals surface area contributed by atoms with Crippen LogP contribution in [0.4, 0.5) is 0 Å². The predicted molar refractivity (Wildman–Crippen MR) is 120 cm³/mol. The van der Waals surface area contributed by atoms with E-state index in [0.717, 1.165) is 48.5 Å². The smallest absolute Gasteiger partial charge is 0.243 e. The first-order valence-electron chi connectivity index (χ1n) is 11.0. The van der Waals surface area contributed by atoms with Crippen LogP contribution in [0.1, 0.15) is 55.7 Å². The molecule has 0 radical (unpaired) electrons. The van der Waals surface area contributed by atoms with Gasteiger partial charge in [0.15, 0.2) is 0 Å². The van der Waals surface area contributed by atoms with E-state index in [1.807, 2.05) is 59.5 Å². The highest BCUT2D eigenvalue weighted by Gasteiger charge is 2.33. The fourth-order valence-electron chi connectivity index (χ4n) is 4.26. The van der Waals surface area contributed by atoms with Crippen molar-refractivity contribution >= 4 is 17.5 Å². The summed E-state index contributed by atoms with van der Waals surface area (Å²) in [6.07, 6.45) is 4.33. The Kier molecular flexibility index (Phi) is 6.65. The molecule has 0 saturated carbocycles. The lowest BCUT2D eigenvalue weighted by atomic mass is 9.98. The van der Waals surface area contributed by atoms with Crippen LogP contribution in [-0.4, -0.2) is 47.6 Å². The molecule has 4 rings (SSSR count). The third kappa shape index (κ3) is 4.95. The fourth-order valence-corrected chi connectivity index (χ4v) is 4.26. The van der Waals surface area contributed by atoms with E-state index in [-0.39, 0.29) is 30.7 Å². The number of likely N-dealkylation sites (tertiary alicyclic amines) is 1. The van der Waals surface area contributed by atoms with Crippen LogP contribution in [0.25, 0.3) is 0 Å². The molecule has 1 atom stereocenters. The summed E-state index contributed by atoms with van der Waals surface area (Å²) in [7, 11) is 1.64. The summed E-state index contributed by atoms with van der Waals surface area (Å²) in [5.41, 5.74) is 2.91. The number of hydrogen-bond acceptors (Lipinski definition) is 4. The summed E-state index contributed by atoms with van der Waals surface area (Å²) >= 11 is 0.